The summed E-state index contributed by atoms with van der Waals surface area (Å²) in [5.74, 6) is 1.54. The number of likely N-dealkylation sites (N-methyl/N-ethyl adjacent to an activating group) is 1. The third-order valence-electron chi connectivity index (χ3n) is 4.20. The highest BCUT2D eigenvalue weighted by Gasteiger charge is 2.12. The Balaban J connectivity index is 1.55. The van der Waals surface area contributed by atoms with Crippen molar-refractivity contribution in [2.24, 2.45) is 0 Å². The van der Waals surface area contributed by atoms with Gasteiger partial charge in [0.05, 0.1) is 21.6 Å². The monoisotopic (exact) mass is 371 g/mol. The summed E-state index contributed by atoms with van der Waals surface area (Å²) in [5, 5.41) is 8.31. The van der Waals surface area contributed by atoms with E-state index in [0.717, 1.165) is 50.0 Å². The number of nitrogens with one attached hydrogen (secondary N) is 1. The van der Waals surface area contributed by atoms with Crippen molar-refractivity contribution < 1.29 is 4.79 Å². The van der Waals surface area contributed by atoms with Crippen LogP contribution in [0.1, 0.15) is 42.8 Å². The van der Waals surface area contributed by atoms with Gasteiger partial charge >= 0.3 is 0 Å². The van der Waals surface area contributed by atoms with Crippen LogP contribution in [0.2, 0.25) is 0 Å². The standard InChI is InChI=1S/C19H25N5OS/c1-3-12-24-17(22-16(23-24)13-18(25)20-2)10-6-7-11-19-21-14-8-4-5-9-15(14)26-19/h4-5,8-9H,3,6-7,10-13H2,1-2H3,(H,20,25). The largest absolute Gasteiger partial charge is 0.359 e. The van der Waals surface area contributed by atoms with Gasteiger partial charge in [0.1, 0.15) is 5.82 Å². The van der Waals surface area contributed by atoms with Crippen LogP contribution < -0.4 is 5.32 Å². The number of aryl methyl sites for hydroxylation is 3. The van der Waals surface area contributed by atoms with Crippen molar-refractivity contribution >= 4 is 27.5 Å². The second kappa shape index (κ2) is 8.89. The van der Waals surface area contributed by atoms with E-state index in [1.165, 1.54) is 9.71 Å². The van der Waals surface area contributed by atoms with Crippen LogP contribution >= 0.6 is 11.3 Å². The van der Waals surface area contributed by atoms with Gasteiger partial charge in [0.25, 0.3) is 0 Å². The maximum Gasteiger partial charge on any atom is 0.227 e. The summed E-state index contributed by atoms with van der Waals surface area (Å²) in [6.45, 7) is 2.96. The van der Waals surface area contributed by atoms with Crippen molar-refractivity contribution in [3.8, 4) is 0 Å². The fourth-order valence-electron chi connectivity index (χ4n) is 2.90. The molecule has 26 heavy (non-hydrogen) atoms. The fraction of sp³-hybridized carbons (Fsp3) is 0.474. The smallest absolute Gasteiger partial charge is 0.227 e. The van der Waals surface area contributed by atoms with Gasteiger partial charge in [-0.3, -0.25) is 4.79 Å². The maximum atomic E-state index is 11.5. The second-order valence-corrected chi connectivity index (χ2v) is 7.41. The molecule has 1 N–H and O–H groups in total. The Labute approximate surface area is 157 Å². The number of carbonyl (C=O) groups excluding carboxylic acids is 1. The highest BCUT2D eigenvalue weighted by molar-refractivity contribution is 7.18. The minimum absolute atomic E-state index is 0.0546. The predicted molar refractivity (Wildman–Crippen MR) is 104 cm³/mol. The Bertz CT molecular complexity index is 837. The molecule has 0 aliphatic rings. The van der Waals surface area contributed by atoms with Gasteiger partial charge in [0.2, 0.25) is 5.91 Å². The molecular formula is C19H25N5OS. The molecule has 2 heterocycles. The minimum atomic E-state index is -0.0546. The number of carbonyl (C=O) groups is 1. The van der Waals surface area contributed by atoms with Crippen LogP contribution in [0.4, 0.5) is 0 Å². The Morgan fingerprint density at radius 1 is 1.19 bits per heavy atom. The summed E-state index contributed by atoms with van der Waals surface area (Å²) in [6, 6.07) is 8.28. The molecule has 0 bridgehead atoms. The lowest BCUT2D eigenvalue weighted by molar-refractivity contribution is -0.120. The van der Waals surface area contributed by atoms with Crippen molar-refractivity contribution in [1.82, 2.24) is 25.1 Å². The molecule has 1 aromatic carbocycles. The van der Waals surface area contributed by atoms with Gasteiger partial charge in [-0.05, 0) is 37.8 Å². The zero-order valence-corrected chi connectivity index (χ0v) is 16.2. The number of hydrogen-bond donors (Lipinski definition) is 1. The molecule has 0 aliphatic heterocycles. The third-order valence-corrected chi connectivity index (χ3v) is 5.30. The van der Waals surface area contributed by atoms with Crippen molar-refractivity contribution in [1.29, 1.82) is 0 Å². The summed E-state index contributed by atoms with van der Waals surface area (Å²) in [5.41, 5.74) is 1.09. The Hall–Kier alpha value is -2.28. The molecule has 0 spiro atoms. The van der Waals surface area contributed by atoms with E-state index in [-0.39, 0.29) is 12.3 Å². The highest BCUT2D eigenvalue weighted by atomic mass is 32.1. The first-order chi connectivity index (χ1) is 12.7. The van der Waals surface area contributed by atoms with Crippen LogP contribution in [0.15, 0.2) is 24.3 Å². The van der Waals surface area contributed by atoms with E-state index in [0.29, 0.717) is 5.82 Å². The molecule has 1 amide bonds. The van der Waals surface area contributed by atoms with Gasteiger partial charge in [-0.2, -0.15) is 5.10 Å². The molecule has 7 heteroatoms. The molecule has 0 unspecified atom stereocenters. The van der Waals surface area contributed by atoms with E-state index < -0.39 is 0 Å². The SMILES string of the molecule is CCCn1nc(CC(=O)NC)nc1CCCCc1nc2ccccc2s1. The first kappa shape index (κ1) is 18.5. The van der Waals surface area contributed by atoms with Gasteiger partial charge in [0, 0.05) is 20.0 Å². The van der Waals surface area contributed by atoms with Crippen molar-refractivity contribution in [2.45, 2.75) is 52.0 Å². The van der Waals surface area contributed by atoms with Crippen molar-refractivity contribution in [2.75, 3.05) is 7.05 Å². The van der Waals surface area contributed by atoms with Crippen molar-refractivity contribution in [3.05, 3.63) is 40.9 Å². The van der Waals surface area contributed by atoms with E-state index in [1.54, 1.807) is 18.4 Å². The van der Waals surface area contributed by atoms with Gasteiger partial charge in [0.15, 0.2) is 5.82 Å². The number of aromatic nitrogens is 4. The molecule has 138 valence electrons. The Kier molecular flexibility index (Phi) is 6.33. The summed E-state index contributed by atoms with van der Waals surface area (Å²) >= 11 is 1.78. The van der Waals surface area contributed by atoms with Crippen LogP contribution in [0.3, 0.4) is 0 Å². The lowest BCUT2D eigenvalue weighted by Gasteiger charge is -2.03. The maximum absolute atomic E-state index is 11.5. The molecule has 3 aromatic rings. The Morgan fingerprint density at radius 3 is 2.77 bits per heavy atom. The van der Waals surface area contributed by atoms with E-state index in [9.17, 15) is 4.79 Å². The first-order valence-corrected chi connectivity index (χ1v) is 9.99. The third kappa shape index (κ3) is 4.66. The number of thiazole rings is 1. The minimum Gasteiger partial charge on any atom is -0.359 e. The molecule has 0 saturated carbocycles. The average molecular weight is 372 g/mol. The number of nitrogens with zero attached hydrogens (tertiary/aromatic N) is 4. The summed E-state index contributed by atoms with van der Waals surface area (Å²) in [7, 11) is 1.63. The number of amides is 1. The van der Waals surface area contributed by atoms with Crippen LogP contribution in [0.5, 0.6) is 0 Å². The zero-order chi connectivity index (χ0) is 18.4. The number of unbranched alkanes of at least 4 members (excludes halogenated alkanes) is 1. The first-order valence-electron chi connectivity index (χ1n) is 9.17. The number of benzene rings is 1. The summed E-state index contributed by atoms with van der Waals surface area (Å²) in [4.78, 5) is 20.8. The molecule has 0 radical (unpaired) electrons. The van der Waals surface area contributed by atoms with E-state index in [1.807, 2.05) is 10.7 Å². The van der Waals surface area contributed by atoms with Crippen molar-refractivity contribution in [3.63, 3.8) is 0 Å². The predicted octanol–water partition coefficient (Wildman–Crippen LogP) is 3.15. The molecule has 3 rings (SSSR count). The van der Waals surface area contributed by atoms with E-state index in [4.69, 9.17) is 4.98 Å². The quantitative estimate of drug-likeness (QED) is 0.587. The molecule has 6 nitrogen and oxygen atoms in total. The van der Waals surface area contributed by atoms with Gasteiger partial charge in [-0.1, -0.05) is 19.1 Å². The Morgan fingerprint density at radius 2 is 2.00 bits per heavy atom. The molecule has 0 fully saturated rings. The lowest BCUT2D eigenvalue weighted by Crippen LogP contribution is -2.20. The molecule has 0 aliphatic carbocycles. The normalized spacial score (nSPS) is 11.2. The zero-order valence-electron chi connectivity index (χ0n) is 15.4. The number of hydrogen-bond acceptors (Lipinski definition) is 5. The molecule has 2 aromatic heterocycles. The van der Waals surface area contributed by atoms with Gasteiger partial charge in [-0.25, -0.2) is 14.6 Å². The highest BCUT2D eigenvalue weighted by Crippen LogP contribution is 2.23. The van der Waals surface area contributed by atoms with Crippen LogP contribution in [0, 0.1) is 0 Å². The second-order valence-electron chi connectivity index (χ2n) is 6.30. The molecule has 0 atom stereocenters. The van der Waals surface area contributed by atoms with E-state index in [2.05, 4.69) is 40.5 Å². The summed E-state index contributed by atoms with van der Waals surface area (Å²) in [6.07, 6.45) is 5.23. The van der Waals surface area contributed by atoms with E-state index >= 15 is 0 Å². The fourth-order valence-corrected chi connectivity index (χ4v) is 3.90. The number of rotatable bonds is 9. The van der Waals surface area contributed by atoms with Crippen LogP contribution in [0.25, 0.3) is 10.2 Å². The van der Waals surface area contributed by atoms with Gasteiger partial charge < -0.3 is 5.32 Å². The lowest BCUT2D eigenvalue weighted by atomic mass is 10.2. The summed E-state index contributed by atoms with van der Waals surface area (Å²) < 4.78 is 3.21. The number of fused-ring (bicyclic) bond motifs is 1. The van der Waals surface area contributed by atoms with Gasteiger partial charge in [-0.15, -0.1) is 11.3 Å². The van der Waals surface area contributed by atoms with Crippen LogP contribution in [-0.4, -0.2) is 32.7 Å². The molecule has 0 saturated heterocycles. The van der Waals surface area contributed by atoms with Crippen LogP contribution in [-0.2, 0) is 30.6 Å². The average Bonchev–Trinajstić information content (AvgIpc) is 3.22. The molecular weight excluding hydrogens is 346 g/mol. The number of para-hydroxylation sites is 1. The topological polar surface area (TPSA) is 72.7 Å².